The Kier molecular flexibility index (Phi) is 3.20. The minimum Gasteiger partial charge on any atom is -0.374 e. The van der Waals surface area contributed by atoms with E-state index >= 15 is 0 Å². The van der Waals surface area contributed by atoms with Gasteiger partial charge < -0.3 is 10.3 Å². The van der Waals surface area contributed by atoms with Crippen LogP contribution in [0.15, 0.2) is 54.9 Å². The molecule has 0 fully saturated rings. The minimum atomic E-state index is 0.0911. The highest BCUT2D eigenvalue weighted by Crippen LogP contribution is 2.43. The molecule has 0 spiro atoms. The van der Waals surface area contributed by atoms with Crippen molar-refractivity contribution in [2.45, 2.75) is 26.8 Å². The molecule has 1 unspecified atom stereocenters. The maximum Gasteiger partial charge on any atom is 0.138 e. The Bertz CT molecular complexity index is 1130. The first kappa shape index (κ1) is 15.2. The highest BCUT2D eigenvalue weighted by molar-refractivity contribution is 6.01. The molecule has 2 N–H and O–H groups in total. The van der Waals surface area contributed by atoms with E-state index in [-0.39, 0.29) is 6.04 Å². The predicted molar refractivity (Wildman–Crippen MR) is 108 cm³/mol. The van der Waals surface area contributed by atoms with Gasteiger partial charge in [0.25, 0.3) is 0 Å². The van der Waals surface area contributed by atoms with Crippen LogP contribution >= 0.6 is 0 Å². The molecule has 26 heavy (non-hydrogen) atoms. The molecule has 0 radical (unpaired) electrons. The average Bonchev–Trinajstić information content (AvgIpc) is 3.01. The number of pyridine rings is 1. The van der Waals surface area contributed by atoms with Crippen LogP contribution in [0.2, 0.25) is 0 Å². The fourth-order valence-corrected chi connectivity index (χ4v) is 4.11. The molecule has 1 atom stereocenters. The number of anilines is 1. The number of para-hydroxylation sites is 1. The zero-order valence-corrected chi connectivity index (χ0v) is 15.2. The molecule has 0 saturated heterocycles. The second-order valence-corrected chi connectivity index (χ2v) is 7.23. The maximum absolute atomic E-state index is 4.55. The molecule has 0 aliphatic carbocycles. The monoisotopic (exact) mass is 339 g/mol. The Hall–Kier alpha value is -3.07. The number of rotatable bonds is 1. The van der Waals surface area contributed by atoms with Crippen molar-refractivity contribution in [3.8, 4) is 11.1 Å². The Morgan fingerprint density at radius 3 is 2.50 bits per heavy atom. The molecule has 2 aromatic carbocycles. The zero-order chi connectivity index (χ0) is 17.8. The van der Waals surface area contributed by atoms with E-state index in [4.69, 9.17) is 0 Å². The van der Waals surface area contributed by atoms with Crippen molar-refractivity contribution in [3.63, 3.8) is 0 Å². The third-order valence-corrected chi connectivity index (χ3v) is 5.71. The molecule has 128 valence electrons. The van der Waals surface area contributed by atoms with Crippen LogP contribution in [0.5, 0.6) is 0 Å². The van der Waals surface area contributed by atoms with E-state index in [1.165, 1.54) is 44.3 Å². The van der Waals surface area contributed by atoms with Crippen LogP contribution < -0.4 is 5.32 Å². The highest BCUT2D eigenvalue weighted by atomic mass is 14.9. The number of H-pyrrole nitrogens is 1. The lowest BCUT2D eigenvalue weighted by molar-refractivity contribution is 0.944. The molecule has 1 aliphatic heterocycles. The summed E-state index contributed by atoms with van der Waals surface area (Å²) in [5.41, 5.74) is 11.1. The van der Waals surface area contributed by atoms with Crippen molar-refractivity contribution in [3.05, 3.63) is 82.7 Å². The maximum atomic E-state index is 4.55. The smallest absolute Gasteiger partial charge is 0.138 e. The Morgan fingerprint density at radius 2 is 1.69 bits per heavy atom. The van der Waals surface area contributed by atoms with Gasteiger partial charge in [-0.1, -0.05) is 30.3 Å². The lowest BCUT2D eigenvalue weighted by atomic mass is 9.92. The van der Waals surface area contributed by atoms with Gasteiger partial charge in [0.2, 0.25) is 0 Å². The third kappa shape index (κ3) is 2.10. The first-order chi connectivity index (χ1) is 12.6. The second-order valence-electron chi connectivity index (χ2n) is 7.23. The van der Waals surface area contributed by atoms with E-state index in [1.54, 1.807) is 0 Å². The van der Waals surface area contributed by atoms with Crippen LogP contribution in [0.25, 0.3) is 22.2 Å². The summed E-state index contributed by atoms with van der Waals surface area (Å²) >= 11 is 0. The number of hydrogen-bond acceptors (Lipinski definition) is 2. The molecule has 2 aromatic heterocycles. The minimum absolute atomic E-state index is 0.0911. The van der Waals surface area contributed by atoms with Crippen molar-refractivity contribution in [1.29, 1.82) is 0 Å². The van der Waals surface area contributed by atoms with Gasteiger partial charge in [-0.3, -0.25) is 0 Å². The quantitative estimate of drug-likeness (QED) is 0.469. The molecule has 4 aromatic rings. The number of fused-ring (bicyclic) bond motifs is 2. The number of aromatic nitrogens is 2. The lowest BCUT2D eigenvalue weighted by Crippen LogP contribution is -2.12. The van der Waals surface area contributed by atoms with E-state index in [9.17, 15) is 0 Å². The van der Waals surface area contributed by atoms with Crippen molar-refractivity contribution in [1.82, 2.24) is 9.97 Å². The van der Waals surface area contributed by atoms with Gasteiger partial charge in [0.05, 0.1) is 6.04 Å². The van der Waals surface area contributed by atoms with Gasteiger partial charge in [0, 0.05) is 34.6 Å². The molecule has 1 aliphatic rings. The largest absolute Gasteiger partial charge is 0.374 e. The topological polar surface area (TPSA) is 40.7 Å². The Balaban J connectivity index is 1.83. The van der Waals surface area contributed by atoms with Crippen molar-refractivity contribution in [2.75, 3.05) is 5.32 Å². The number of hydrogen-bond donors (Lipinski definition) is 2. The van der Waals surface area contributed by atoms with Gasteiger partial charge in [-0.15, -0.1) is 0 Å². The van der Waals surface area contributed by atoms with Crippen LogP contribution in [-0.2, 0) is 0 Å². The Labute approximate surface area is 153 Å². The van der Waals surface area contributed by atoms with E-state index in [0.717, 1.165) is 11.3 Å². The summed E-state index contributed by atoms with van der Waals surface area (Å²) in [6.45, 7) is 6.58. The number of nitrogens with zero attached hydrogens (tertiary/aromatic N) is 1. The number of nitrogens with one attached hydrogen (secondary N) is 2. The lowest BCUT2D eigenvalue weighted by Gasteiger charge is -2.21. The van der Waals surface area contributed by atoms with E-state index in [1.807, 2.05) is 6.20 Å². The van der Waals surface area contributed by atoms with Gasteiger partial charge >= 0.3 is 0 Å². The summed E-state index contributed by atoms with van der Waals surface area (Å²) in [5.74, 6) is 0. The summed E-state index contributed by atoms with van der Waals surface area (Å²) in [6.07, 6.45) is 3.99. The molecule has 0 bridgehead atoms. The van der Waals surface area contributed by atoms with Crippen molar-refractivity contribution in [2.24, 2.45) is 0 Å². The highest BCUT2D eigenvalue weighted by Gasteiger charge is 2.26. The van der Waals surface area contributed by atoms with E-state index in [0.29, 0.717) is 0 Å². The average molecular weight is 339 g/mol. The zero-order valence-electron chi connectivity index (χ0n) is 15.2. The third-order valence-electron chi connectivity index (χ3n) is 5.71. The summed E-state index contributed by atoms with van der Waals surface area (Å²) in [7, 11) is 0. The molecule has 0 saturated carbocycles. The van der Waals surface area contributed by atoms with Gasteiger partial charge in [-0.05, 0) is 60.7 Å². The summed E-state index contributed by atoms with van der Waals surface area (Å²) < 4.78 is 0. The standard InChI is InChI=1S/C23H21N3/c1-13-10-16(11-14(2)15(13)3)22-19-12-25-23-21(19)18(8-9-24-23)17-6-4-5-7-20(17)26-22/h4-12,22,26H,1-3H3,(H,24,25). The van der Waals surface area contributed by atoms with Crippen LogP contribution in [-0.4, -0.2) is 9.97 Å². The van der Waals surface area contributed by atoms with Crippen molar-refractivity contribution < 1.29 is 0 Å². The number of benzene rings is 2. The fraction of sp³-hybridized carbons (Fsp3) is 0.174. The molecular formula is C23H21N3. The molecular weight excluding hydrogens is 318 g/mol. The summed E-state index contributed by atoms with van der Waals surface area (Å²) in [6, 6.07) is 15.4. The molecule has 3 heteroatoms. The summed E-state index contributed by atoms with van der Waals surface area (Å²) in [5, 5.41) is 5.01. The molecule has 3 nitrogen and oxygen atoms in total. The SMILES string of the molecule is Cc1cc(C2Nc3ccccc3-c3ccnc4[nH]cc2c34)cc(C)c1C. The van der Waals surface area contributed by atoms with Gasteiger partial charge in [-0.2, -0.15) is 0 Å². The normalized spacial score (nSPS) is 15.4. The van der Waals surface area contributed by atoms with Gasteiger partial charge in [0.15, 0.2) is 0 Å². The van der Waals surface area contributed by atoms with E-state index in [2.05, 4.69) is 84.7 Å². The molecule has 0 amide bonds. The van der Waals surface area contributed by atoms with Gasteiger partial charge in [-0.25, -0.2) is 4.98 Å². The van der Waals surface area contributed by atoms with Crippen molar-refractivity contribution >= 4 is 16.7 Å². The van der Waals surface area contributed by atoms with Crippen LogP contribution in [0, 0.1) is 20.8 Å². The van der Waals surface area contributed by atoms with Crippen LogP contribution in [0.4, 0.5) is 5.69 Å². The first-order valence-corrected chi connectivity index (χ1v) is 9.03. The molecule has 5 rings (SSSR count). The summed E-state index contributed by atoms with van der Waals surface area (Å²) in [4.78, 5) is 7.92. The number of aromatic amines is 1. The Morgan fingerprint density at radius 1 is 0.923 bits per heavy atom. The predicted octanol–water partition coefficient (Wildman–Crippen LogP) is 5.67. The number of aryl methyl sites for hydroxylation is 2. The second kappa shape index (κ2) is 5.46. The van der Waals surface area contributed by atoms with Crippen LogP contribution in [0.3, 0.4) is 0 Å². The fourth-order valence-electron chi connectivity index (χ4n) is 4.11. The van der Waals surface area contributed by atoms with Gasteiger partial charge in [0.1, 0.15) is 5.65 Å². The van der Waals surface area contributed by atoms with Crippen LogP contribution in [0.1, 0.15) is 33.9 Å². The molecule has 3 heterocycles. The van der Waals surface area contributed by atoms with E-state index < -0.39 is 0 Å². The first-order valence-electron chi connectivity index (χ1n) is 9.03.